The Morgan fingerprint density at radius 2 is 1.58 bits per heavy atom. The minimum absolute atomic E-state index is 0.321. The number of nitrogens with zero attached hydrogens (tertiary/aromatic N) is 1. The lowest BCUT2D eigenvalue weighted by molar-refractivity contribution is 0.521. The summed E-state index contributed by atoms with van der Waals surface area (Å²) in [5.74, 6) is 0. The molecule has 0 aliphatic heterocycles. The first-order valence-electron chi connectivity index (χ1n) is 6.01. The molecule has 0 saturated carbocycles. The number of hydrogen-bond donors (Lipinski definition) is 0. The Balaban J connectivity index is 2.60. The normalized spacial score (nSPS) is 11.8. The Kier molecular flexibility index (Phi) is 3.73. The fourth-order valence-electron chi connectivity index (χ4n) is 1.90. The van der Waals surface area contributed by atoms with Crippen LogP contribution in [-0.4, -0.2) is 26.8 Å². The number of benzene rings is 2. The first-order chi connectivity index (χ1) is 8.93. The Morgan fingerprint density at radius 3 is 2.16 bits per heavy atom. The molecule has 4 heteroatoms. The summed E-state index contributed by atoms with van der Waals surface area (Å²) >= 11 is 0. The van der Waals surface area contributed by atoms with Crippen molar-refractivity contribution in [1.82, 2.24) is 4.31 Å². The van der Waals surface area contributed by atoms with Gasteiger partial charge in [-0.3, -0.25) is 0 Å². The molecule has 0 spiro atoms. The maximum absolute atomic E-state index is 12.2. The van der Waals surface area contributed by atoms with E-state index in [0.717, 1.165) is 16.7 Å². The van der Waals surface area contributed by atoms with Crippen LogP contribution in [0.5, 0.6) is 0 Å². The van der Waals surface area contributed by atoms with Crippen molar-refractivity contribution in [2.75, 3.05) is 14.1 Å². The second-order valence-electron chi connectivity index (χ2n) is 4.63. The van der Waals surface area contributed by atoms with Gasteiger partial charge < -0.3 is 0 Å². The van der Waals surface area contributed by atoms with Crippen molar-refractivity contribution in [2.45, 2.75) is 11.8 Å². The maximum atomic E-state index is 12.2. The summed E-state index contributed by atoms with van der Waals surface area (Å²) in [5.41, 5.74) is 3.03. The fourth-order valence-corrected chi connectivity index (χ4v) is 2.83. The highest BCUT2D eigenvalue weighted by Crippen LogP contribution is 2.26. The van der Waals surface area contributed by atoms with E-state index >= 15 is 0 Å². The molecule has 0 unspecified atom stereocenters. The van der Waals surface area contributed by atoms with E-state index in [1.54, 1.807) is 12.1 Å². The number of aryl methyl sites for hydroxylation is 1. The van der Waals surface area contributed by atoms with Gasteiger partial charge in [-0.2, -0.15) is 0 Å². The molecule has 0 fully saturated rings. The number of sulfonamides is 1. The molecule has 0 saturated heterocycles. The van der Waals surface area contributed by atoms with E-state index in [9.17, 15) is 8.42 Å². The van der Waals surface area contributed by atoms with Crippen molar-refractivity contribution in [3.63, 3.8) is 0 Å². The molecule has 0 bridgehead atoms. The van der Waals surface area contributed by atoms with Crippen molar-refractivity contribution in [3.05, 3.63) is 54.1 Å². The average molecular weight is 275 g/mol. The predicted octanol–water partition coefficient (Wildman–Crippen LogP) is 2.91. The molecule has 2 aromatic carbocycles. The van der Waals surface area contributed by atoms with Crippen LogP contribution in [0, 0.1) is 6.92 Å². The Morgan fingerprint density at radius 1 is 0.947 bits per heavy atom. The van der Waals surface area contributed by atoms with E-state index in [0.29, 0.717) is 4.90 Å². The number of hydrogen-bond acceptors (Lipinski definition) is 2. The summed E-state index contributed by atoms with van der Waals surface area (Å²) in [6.45, 7) is 1.98. The van der Waals surface area contributed by atoms with Gasteiger partial charge in [-0.25, -0.2) is 12.7 Å². The first-order valence-corrected chi connectivity index (χ1v) is 7.45. The molecule has 3 nitrogen and oxygen atoms in total. The topological polar surface area (TPSA) is 37.4 Å². The summed E-state index contributed by atoms with van der Waals surface area (Å²) in [4.78, 5) is 0.321. The average Bonchev–Trinajstić information content (AvgIpc) is 2.39. The van der Waals surface area contributed by atoms with Gasteiger partial charge in [0.15, 0.2) is 0 Å². The van der Waals surface area contributed by atoms with E-state index in [2.05, 4.69) is 0 Å². The second-order valence-corrected chi connectivity index (χ2v) is 6.78. The van der Waals surface area contributed by atoms with Crippen LogP contribution in [0.4, 0.5) is 0 Å². The summed E-state index contributed by atoms with van der Waals surface area (Å²) in [6.07, 6.45) is 0. The van der Waals surface area contributed by atoms with Gasteiger partial charge in [0.2, 0.25) is 10.0 Å². The lowest BCUT2D eigenvalue weighted by atomic mass is 10.0. The van der Waals surface area contributed by atoms with E-state index in [1.807, 2.05) is 43.3 Å². The standard InChI is InChI=1S/C15H17NO2S/c1-12-9-10-14(19(17,18)16(2)3)11-15(12)13-7-5-4-6-8-13/h4-11H,1-3H3. The largest absolute Gasteiger partial charge is 0.242 e. The van der Waals surface area contributed by atoms with Crippen LogP contribution < -0.4 is 0 Å². The molecule has 100 valence electrons. The second kappa shape index (κ2) is 5.15. The summed E-state index contributed by atoms with van der Waals surface area (Å²) in [5, 5.41) is 0. The summed E-state index contributed by atoms with van der Waals surface area (Å²) in [6, 6.07) is 15.0. The van der Waals surface area contributed by atoms with Crippen LogP contribution in [0.25, 0.3) is 11.1 Å². The smallest absolute Gasteiger partial charge is 0.207 e. The van der Waals surface area contributed by atoms with Crippen LogP contribution >= 0.6 is 0 Å². The van der Waals surface area contributed by atoms with Gasteiger partial charge >= 0.3 is 0 Å². The predicted molar refractivity (Wildman–Crippen MR) is 77.5 cm³/mol. The lowest BCUT2D eigenvalue weighted by Gasteiger charge is -2.14. The van der Waals surface area contributed by atoms with E-state index < -0.39 is 10.0 Å². The van der Waals surface area contributed by atoms with Gasteiger partial charge in [0, 0.05) is 14.1 Å². The third-order valence-corrected chi connectivity index (χ3v) is 4.88. The zero-order valence-electron chi connectivity index (χ0n) is 11.3. The lowest BCUT2D eigenvalue weighted by Crippen LogP contribution is -2.22. The van der Waals surface area contributed by atoms with Gasteiger partial charge in [0.1, 0.15) is 0 Å². The van der Waals surface area contributed by atoms with E-state index in [1.165, 1.54) is 18.4 Å². The molecule has 0 heterocycles. The molecular weight excluding hydrogens is 258 g/mol. The minimum Gasteiger partial charge on any atom is -0.207 e. The van der Waals surface area contributed by atoms with Crippen molar-refractivity contribution >= 4 is 10.0 Å². The SMILES string of the molecule is Cc1ccc(S(=O)(=O)N(C)C)cc1-c1ccccc1. The van der Waals surface area contributed by atoms with Crippen molar-refractivity contribution in [3.8, 4) is 11.1 Å². The monoisotopic (exact) mass is 275 g/mol. The van der Waals surface area contributed by atoms with E-state index in [-0.39, 0.29) is 0 Å². The Hall–Kier alpha value is -1.65. The molecule has 0 radical (unpaired) electrons. The van der Waals surface area contributed by atoms with Gasteiger partial charge in [0.05, 0.1) is 4.90 Å². The molecule has 0 N–H and O–H groups in total. The Labute approximate surface area is 114 Å². The highest BCUT2D eigenvalue weighted by atomic mass is 32.2. The molecule has 0 aliphatic rings. The zero-order valence-corrected chi connectivity index (χ0v) is 12.1. The molecule has 0 atom stereocenters. The van der Waals surface area contributed by atoms with Gasteiger partial charge in [-0.15, -0.1) is 0 Å². The molecule has 2 aromatic rings. The maximum Gasteiger partial charge on any atom is 0.242 e. The molecule has 19 heavy (non-hydrogen) atoms. The summed E-state index contributed by atoms with van der Waals surface area (Å²) < 4.78 is 25.5. The highest BCUT2D eigenvalue weighted by molar-refractivity contribution is 7.89. The highest BCUT2D eigenvalue weighted by Gasteiger charge is 2.18. The first kappa shape index (κ1) is 13.8. The zero-order chi connectivity index (χ0) is 14.0. The minimum atomic E-state index is -3.39. The van der Waals surface area contributed by atoms with Gasteiger partial charge in [0.25, 0.3) is 0 Å². The Bertz CT molecular complexity index is 677. The van der Waals surface area contributed by atoms with Gasteiger partial charge in [-0.05, 0) is 35.7 Å². The van der Waals surface area contributed by atoms with Crippen molar-refractivity contribution in [1.29, 1.82) is 0 Å². The third kappa shape index (κ3) is 2.69. The van der Waals surface area contributed by atoms with Gasteiger partial charge in [-0.1, -0.05) is 36.4 Å². The van der Waals surface area contributed by atoms with Crippen LogP contribution in [0.1, 0.15) is 5.56 Å². The van der Waals surface area contributed by atoms with Crippen molar-refractivity contribution in [2.24, 2.45) is 0 Å². The number of rotatable bonds is 3. The van der Waals surface area contributed by atoms with E-state index in [4.69, 9.17) is 0 Å². The molecule has 0 aromatic heterocycles. The summed E-state index contributed by atoms with van der Waals surface area (Å²) in [7, 11) is -0.313. The quantitative estimate of drug-likeness (QED) is 0.863. The fraction of sp³-hybridized carbons (Fsp3) is 0.200. The van der Waals surface area contributed by atoms with Crippen LogP contribution in [0.3, 0.4) is 0 Å². The van der Waals surface area contributed by atoms with Crippen LogP contribution in [0.15, 0.2) is 53.4 Å². The van der Waals surface area contributed by atoms with Crippen LogP contribution in [-0.2, 0) is 10.0 Å². The molecular formula is C15H17NO2S. The molecule has 2 rings (SSSR count). The molecule has 0 aliphatic carbocycles. The van der Waals surface area contributed by atoms with Crippen molar-refractivity contribution < 1.29 is 8.42 Å². The molecule has 0 amide bonds. The van der Waals surface area contributed by atoms with Crippen LogP contribution in [0.2, 0.25) is 0 Å². The third-order valence-electron chi connectivity index (χ3n) is 3.07.